The number of unbranched alkanes of at least 4 members (excludes halogenated alkanes) is 1. The van der Waals surface area contributed by atoms with Crippen molar-refractivity contribution in [3.8, 4) is 5.75 Å². The van der Waals surface area contributed by atoms with Crippen LogP contribution in [0.1, 0.15) is 89.3 Å². The number of amides is 3. The molecule has 1 N–H and O–H groups in total. The van der Waals surface area contributed by atoms with E-state index in [1.807, 2.05) is 35.2 Å². The molecule has 47 heavy (non-hydrogen) atoms. The molecule has 2 aliphatic heterocycles. The Morgan fingerprint density at radius 1 is 1.02 bits per heavy atom. The van der Waals surface area contributed by atoms with Gasteiger partial charge in [-0.1, -0.05) is 68.7 Å². The Kier molecular flexibility index (Phi) is 9.01. The molecule has 2 heterocycles. The van der Waals surface area contributed by atoms with E-state index in [0.29, 0.717) is 36.7 Å². The molecule has 1 saturated carbocycles. The van der Waals surface area contributed by atoms with Gasteiger partial charge in [0.1, 0.15) is 12.4 Å². The highest BCUT2D eigenvalue weighted by atomic mass is 79.9. The summed E-state index contributed by atoms with van der Waals surface area (Å²) in [6.45, 7) is 4.31. The Labute approximate surface area is 284 Å². The number of halogens is 1. The summed E-state index contributed by atoms with van der Waals surface area (Å²) in [6, 6.07) is 19.1. The number of hydrogen-bond donors (Lipinski definition) is 1. The van der Waals surface area contributed by atoms with Gasteiger partial charge in [-0.2, -0.15) is 0 Å². The summed E-state index contributed by atoms with van der Waals surface area (Å²) in [4.78, 5) is 42.9. The Balaban J connectivity index is 1.17. The average molecular weight is 701 g/mol. The minimum absolute atomic E-state index is 0.0171. The van der Waals surface area contributed by atoms with Crippen molar-refractivity contribution in [3.63, 3.8) is 0 Å². The van der Waals surface area contributed by atoms with Crippen LogP contribution in [0, 0.1) is 5.92 Å². The van der Waals surface area contributed by atoms with Gasteiger partial charge in [0.05, 0.1) is 23.4 Å². The summed E-state index contributed by atoms with van der Waals surface area (Å²) in [5.74, 6) is 0.648. The van der Waals surface area contributed by atoms with Crippen LogP contribution in [0.15, 0.2) is 65.1 Å². The van der Waals surface area contributed by atoms with Crippen LogP contribution in [0.2, 0.25) is 0 Å². The van der Waals surface area contributed by atoms with E-state index in [1.165, 1.54) is 28.9 Å². The van der Waals surface area contributed by atoms with E-state index >= 15 is 0 Å². The first-order chi connectivity index (χ1) is 22.9. The number of nitrogens with zero attached hydrogens (tertiary/aromatic N) is 2. The first kappa shape index (κ1) is 31.7. The predicted octanol–water partition coefficient (Wildman–Crippen LogP) is 7.73. The van der Waals surface area contributed by atoms with Crippen molar-refractivity contribution in [3.05, 3.63) is 93.0 Å². The van der Waals surface area contributed by atoms with Gasteiger partial charge >= 0.3 is 6.09 Å². The molecule has 7 rings (SSSR count). The topological polar surface area (TPSA) is 88.2 Å². The number of nitrogens with one attached hydrogen (secondary N) is 1. The molecule has 1 saturated heterocycles. The molecule has 2 aliphatic carbocycles. The quantitative estimate of drug-likeness (QED) is 0.172. The molecular formula is C38H42BrN3O5. The molecule has 3 aromatic carbocycles. The summed E-state index contributed by atoms with van der Waals surface area (Å²) in [5, 5.41) is 3.54. The van der Waals surface area contributed by atoms with Crippen molar-refractivity contribution in [2.45, 2.75) is 76.4 Å². The van der Waals surface area contributed by atoms with Gasteiger partial charge in [0, 0.05) is 35.6 Å². The molecule has 2 bridgehead atoms. The standard InChI is InChI=1S/C38H42BrN3O5/c1-2-3-21-46-32-23-30-28(33(39)34(32)40-18-20-42-35(43)26-13-7-8-14-27(26)36(42)44)22-31-29-15-9-10-16-38(29,30)17-19-41(31)37(45)47-24-25-11-5-4-6-12-25/h4-8,11-14,23,29,31,40H,2-3,9-10,15-22,24H2,1H3/t29?,31-,38-/m0/s1. The Bertz CT molecular complexity index is 1640. The van der Waals surface area contributed by atoms with Crippen LogP contribution in [0.25, 0.3) is 0 Å². The van der Waals surface area contributed by atoms with Crippen molar-refractivity contribution in [1.29, 1.82) is 0 Å². The van der Waals surface area contributed by atoms with Crippen molar-refractivity contribution in [2.75, 3.05) is 31.6 Å². The van der Waals surface area contributed by atoms with E-state index in [0.717, 1.165) is 60.0 Å². The second-order valence-electron chi connectivity index (χ2n) is 13.3. The maximum Gasteiger partial charge on any atom is 0.410 e. The van der Waals surface area contributed by atoms with Crippen molar-refractivity contribution >= 4 is 39.5 Å². The summed E-state index contributed by atoms with van der Waals surface area (Å²) >= 11 is 4.00. The number of hydrogen-bond acceptors (Lipinski definition) is 6. The molecule has 9 heteroatoms. The minimum Gasteiger partial charge on any atom is -0.491 e. The third-order valence-electron chi connectivity index (χ3n) is 10.8. The maximum atomic E-state index is 13.6. The highest BCUT2D eigenvalue weighted by Crippen LogP contribution is 2.58. The third kappa shape index (κ3) is 5.70. The molecule has 4 aliphatic rings. The SMILES string of the molecule is CCCCOc1cc2c(c(Br)c1NCCN1C(=O)c3ccccc3C1=O)C[C@H]1C3CCCC[C@@]23CCN1C(=O)OCc1ccccc1. The summed E-state index contributed by atoms with van der Waals surface area (Å²) in [7, 11) is 0. The van der Waals surface area contributed by atoms with Gasteiger partial charge in [0.25, 0.3) is 11.8 Å². The zero-order valence-corrected chi connectivity index (χ0v) is 28.5. The number of imide groups is 1. The first-order valence-corrected chi connectivity index (χ1v) is 17.9. The minimum atomic E-state index is -0.258. The van der Waals surface area contributed by atoms with Crippen LogP contribution in [0.3, 0.4) is 0 Å². The average Bonchev–Trinajstić information content (AvgIpc) is 3.34. The van der Waals surface area contributed by atoms with Crippen LogP contribution in [-0.2, 0) is 23.2 Å². The molecule has 3 atom stereocenters. The fourth-order valence-corrected chi connectivity index (χ4v) is 9.16. The van der Waals surface area contributed by atoms with Gasteiger partial charge in [-0.25, -0.2) is 4.79 Å². The Hall–Kier alpha value is -3.85. The van der Waals surface area contributed by atoms with Crippen LogP contribution in [0.4, 0.5) is 10.5 Å². The molecule has 1 unspecified atom stereocenters. The van der Waals surface area contributed by atoms with Gasteiger partial charge in [-0.05, 0) is 88.8 Å². The fraction of sp³-hybridized carbons (Fsp3) is 0.447. The zero-order valence-electron chi connectivity index (χ0n) is 26.9. The largest absolute Gasteiger partial charge is 0.491 e. The van der Waals surface area contributed by atoms with E-state index in [2.05, 4.69) is 34.2 Å². The zero-order chi connectivity index (χ0) is 32.5. The number of benzene rings is 3. The van der Waals surface area contributed by atoms with Crippen LogP contribution < -0.4 is 10.1 Å². The molecule has 246 valence electrons. The molecule has 0 aromatic heterocycles. The summed E-state index contributed by atoms with van der Waals surface area (Å²) in [6.07, 6.45) is 7.89. The monoisotopic (exact) mass is 699 g/mol. The molecule has 3 amide bonds. The fourth-order valence-electron chi connectivity index (χ4n) is 8.45. The van der Waals surface area contributed by atoms with Gasteiger partial charge in [-0.3, -0.25) is 14.5 Å². The lowest BCUT2D eigenvalue weighted by Gasteiger charge is -2.58. The molecule has 8 nitrogen and oxygen atoms in total. The first-order valence-electron chi connectivity index (χ1n) is 17.1. The molecule has 0 radical (unpaired) electrons. The van der Waals surface area contributed by atoms with E-state index < -0.39 is 0 Å². The van der Waals surface area contributed by atoms with Gasteiger partial charge in [0.2, 0.25) is 0 Å². The summed E-state index contributed by atoms with van der Waals surface area (Å²) in [5.41, 5.74) is 5.26. The van der Waals surface area contributed by atoms with E-state index in [4.69, 9.17) is 9.47 Å². The lowest BCUT2D eigenvalue weighted by atomic mass is 9.52. The number of carbonyl (C=O) groups is 3. The van der Waals surface area contributed by atoms with Gasteiger partial charge in [-0.15, -0.1) is 0 Å². The van der Waals surface area contributed by atoms with Crippen LogP contribution in [0.5, 0.6) is 5.75 Å². The van der Waals surface area contributed by atoms with Crippen LogP contribution in [-0.4, -0.2) is 60.0 Å². The highest BCUT2D eigenvalue weighted by molar-refractivity contribution is 9.10. The molecule has 2 fully saturated rings. The van der Waals surface area contributed by atoms with E-state index in [-0.39, 0.29) is 42.5 Å². The summed E-state index contributed by atoms with van der Waals surface area (Å²) < 4.78 is 13.3. The van der Waals surface area contributed by atoms with E-state index in [9.17, 15) is 14.4 Å². The number of piperidine rings is 1. The van der Waals surface area contributed by atoms with Crippen molar-refractivity contribution < 1.29 is 23.9 Å². The number of anilines is 1. The number of ether oxygens (including phenoxy) is 2. The number of carbonyl (C=O) groups excluding carboxylic acids is 3. The Morgan fingerprint density at radius 3 is 2.51 bits per heavy atom. The lowest BCUT2D eigenvalue weighted by Crippen LogP contribution is -2.62. The van der Waals surface area contributed by atoms with Crippen LogP contribution >= 0.6 is 15.9 Å². The molecule has 3 aromatic rings. The molecular weight excluding hydrogens is 658 g/mol. The predicted molar refractivity (Wildman–Crippen MR) is 184 cm³/mol. The second-order valence-corrected chi connectivity index (χ2v) is 14.1. The van der Waals surface area contributed by atoms with Gasteiger partial charge < -0.3 is 19.7 Å². The number of rotatable bonds is 10. The Morgan fingerprint density at radius 2 is 1.77 bits per heavy atom. The van der Waals surface area contributed by atoms with Crippen molar-refractivity contribution in [1.82, 2.24) is 9.80 Å². The van der Waals surface area contributed by atoms with E-state index in [1.54, 1.807) is 24.3 Å². The van der Waals surface area contributed by atoms with Crippen molar-refractivity contribution in [2.24, 2.45) is 5.92 Å². The normalized spacial score (nSPS) is 22.8. The number of fused-ring (bicyclic) bond motifs is 2. The lowest BCUT2D eigenvalue weighted by molar-refractivity contribution is -0.0138. The second kappa shape index (κ2) is 13.3. The third-order valence-corrected chi connectivity index (χ3v) is 11.6. The maximum absolute atomic E-state index is 13.6. The molecule has 0 spiro atoms. The van der Waals surface area contributed by atoms with Gasteiger partial charge in [0.15, 0.2) is 0 Å². The smallest absolute Gasteiger partial charge is 0.410 e. The highest BCUT2D eigenvalue weighted by Gasteiger charge is 2.56. The number of likely N-dealkylation sites (tertiary alicyclic amines) is 1.